The van der Waals surface area contributed by atoms with Crippen LogP contribution in [0, 0.1) is 11.8 Å². The smallest absolute Gasteiger partial charge is 0.146 e. The minimum atomic E-state index is -0.228. The predicted octanol–water partition coefficient (Wildman–Crippen LogP) is 3.29. The van der Waals surface area contributed by atoms with E-state index in [1.807, 2.05) is 0 Å². The third kappa shape index (κ3) is 5.11. The molecule has 2 unspecified atom stereocenters. The topological polar surface area (TPSA) is 43.1 Å². The molecule has 1 saturated carbocycles. The zero-order valence-electron chi connectivity index (χ0n) is 10.9. The van der Waals surface area contributed by atoms with Crippen LogP contribution in [0.4, 0.5) is 0 Å². The van der Waals surface area contributed by atoms with Gasteiger partial charge in [0.25, 0.3) is 0 Å². The Balaban J connectivity index is 2.14. The Morgan fingerprint density at radius 1 is 1.25 bits per heavy atom. The molecular weight excluding hydrogens is 198 g/mol. The van der Waals surface area contributed by atoms with Crippen molar-refractivity contribution in [2.75, 3.05) is 0 Å². The standard InChI is InChI=1S/C14H27NO/c1-11(8-9-14(15)12(2)16)10-13-6-4-3-5-7-13/h11,13-14H,3-10,15H2,1-2H3. The monoisotopic (exact) mass is 225 g/mol. The molecule has 2 heteroatoms. The number of carbonyl (C=O) groups is 1. The highest BCUT2D eigenvalue weighted by Gasteiger charge is 2.17. The molecule has 0 aromatic heterocycles. The fourth-order valence-corrected chi connectivity index (χ4v) is 2.78. The summed E-state index contributed by atoms with van der Waals surface area (Å²) < 4.78 is 0. The number of hydrogen-bond donors (Lipinski definition) is 1. The molecule has 0 amide bonds. The van der Waals surface area contributed by atoms with Crippen molar-refractivity contribution >= 4 is 5.78 Å². The van der Waals surface area contributed by atoms with Gasteiger partial charge in [-0.15, -0.1) is 0 Å². The Morgan fingerprint density at radius 3 is 2.44 bits per heavy atom. The molecule has 16 heavy (non-hydrogen) atoms. The number of nitrogens with two attached hydrogens (primary N) is 1. The van der Waals surface area contributed by atoms with Crippen LogP contribution in [0.1, 0.15) is 65.2 Å². The van der Waals surface area contributed by atoms with Gasteiger partial charge in [-0.05, 0) is 38.0 Å². The van der Waals surface area contributed by atoms with E-state index in [2.05, 4.69) is 6.92 Å². The van der Waals surface area contributed by atoms with E-state index in [0.29, 0.717) is 0 Å². The second-order valence-corrected chi connectivity index (χ2v) is 5.64. The highest BCUT2D eigenvalue weighted by molar-refractivity contribution is 5.81. The largest absolute Gasteiger partial charge is 0.322 e. The van der Waals surface area contributed by atoms with Gasteiger partial charge in [0.05, 0.1) is 6.04 Å². The maximum atomic E-state index is 11.0. The molecule has 94 valence electrons. The van der Waals surface area contributed by atoms with Gasteiger partial charge in [-0.2, -0.15) is 0 Å². The summed E-state index contributed by atoms with van der Waals surface area (Å²) in [5, 5.41) is 0. The molecule has 0 saturated heterocycles. The summed E-state index contributed by atoms with van der Waals surface area (Å²) in [6.07, 6.45) is 10.4. The van der Waals surface area contributed by atoms with E-state index < -0.39 is 0 Å². The van der Waals surface area contributed by atoms with Crippen LogP contribution in [0.2, 0.25) is 0 Å². The van der Waals surface area contributed by atoms with Gasteiger partial charge < -0.3 is 5.73 Å². The minimum absolute atomic E-state index is 0.130. The number of hydrogen-bond acceptors (Lipinski definition) is 2. The summed E-state index contributed by atoms with van der Waals surface area (Å²) in [6, 6.07) is -0.228. The molecule has 0 spiro atoms. The van der Waals surface area contributed by atoms with E-state index in [0.717, 1.165) is 24.7 Å². The zero-order valence-corrected chi connectivity index (χ0v) is 10.9. The van der Waals surface area contributed by atoms with Gasteiger partial charge in [-0.3, -0.25) is 4.79 Å². The van der Waals surface area contributed by atoms with Crippen LogP contribution in [0.3, 0.4) is 0 Å². The number of rotatable bonds is 6. The van der Waals surface area contributed by atoms with E-state index in [1.165, 1.54) is 38.5 Å². The summed E-state index contributed by atoms with van der Waals surface area (Å²) in [6.45, 7) is 3.90. The van der Waals surface area contributed by atoms with E-state index in [-0.39, 0.29) is 11.8 Å². The highest BCUT2D eigenvalue weighted by atomic mass is 16.1. The lowest BCUT2D eigenvalue weighted by molar-refractivity contribution is -0.118. The first-order valence-corrected chi connectivity index (χ1v) is 6.85. The van der Waals surface area contributed by atoms with Crippen molar-refractivity contribution in [2.45, 2.75) is 71.3 Å². The van der Waals surface area contributed by atoms with Crippen molar-refractivity contribution in [1.29, 1.82) is 0 Å². The lowest BCUT2D eigenvalue weighted by Crippen LogP contribution is -2.28. The molecule has 0 aliphatic heterocycles. The van der Waals surface area contributed by atoms with Gasteiger partial charge in [0, 0.05) is 0 Å². The highest BCUT2D eigenvalue weighted by Crippen LogP contribution is 2.30. The third-order valence-corrected chi connectivity index (χ3v) is 3.95. The van der Waals surface area contributed by atoms with Crippen LogP contribution in [-0.2, 0) is 4.79 Å². The first-order chi connectivity index (χ1) is 7.59. The van der Waals surface area contributed by atoms with Crippen LogP contribution < -0.4 is 5.73 Å². The van der Waals surface area contributed by atoms with Gasteiger partial charge in [0.1, 0.15) is 5.78 Å². The average Bonchev–Trinajstić information content (AvgIpc) is 2.27. The second-order valence-electron chi connectivity index (χ2n) is 5.64. The van der Waals surface area contributed by atoms with Gasteiger partial charge >= 0.3 is 0 Å². The molecule has 2 N–H and O–H groups in total. The van der Waals surface area contributed by atoms with Gasteiger partial charge in [-0.1, -0.05) is 39.0 Å². The van der Waals surface area contributed by atoms with Crippen LogP contribution in [0.5, 0.6) is 0 Å². The molecule has 2 atom stereocenters. The molecule has 1 aliphatic rings. The molecule has 0 radical (unpaired) electrons. The van der Waals surface area contributed by atoms with E-state index in [1.54, 1.807) is 6.92 Å². The second kappa shape index (κ2) is 7.05. The van der Waals surface area contributed by atoms with Crippen molar-refractivity contribution < 1.29 is 4.79 Å². The van der Waals surface area contributed by atoms with Crippen LogP contribution >= 0.6 is 0 Å². The quantitative estimate of drug-likeness (QED) is 0.753. The van der Waals surface area contributed by atoms with E-state index in [4.69, 9.17) is 5.73 Å². The lowest BCUT2D eigenvalue weighted by atomic mass is 9.82. The average molecular weight is 225 g/mol. The molecule has 1 fully saturated rings. The number of carbonyl (C=O) groups excluding carboxylic acids is 1. The van der Waals surface area contributed by atoms with Crippen molar-refractivity contribution in [2.24, 2.45) is 17.6 Å². The van der Waals surface area contributed by atoms with Crippen molar-refractivity contribution in [1.82, 2.24) is 0 Å². The van der Waals surface area contributed by atoms with Crippen LogP contribution in [-0.4, -0.2) is 11.8 Å². The Kier molecular flexibility index (Phi) is 6.04. The number of ketones is 1. The summed E-state index contributed by atoms with van der Waals surface area (Å²) in [7, 11) is 0. The first kappa shape index (κ1) is 13.7. The first-order valence-electron chi connectivity index (χ1n) is 6.85. The van der Waals surface area contributed by atoms with E-state index >= 15 is 0 Å². The summed E-state index contributed by atoms with van der Waals surface area (Å²) in [5.41, 5.74) is 5.75. The Labute approximate surface area is 100.0 Å². The summed E-state index contributed by atoms with van der Waals surface area (Å²) in [4.78, 5) is 11.0. The fraction of sp³-hybridized carbons (Fsp3) is 0.929. The van der Waals surface area contributed by atoms with Crippen molar-refractivity contribution in [3.8, 4) is 0 Å². The molecule has 1 aliphatic carbocycles. The zero-order chi connectivity index (χ0) is 12.0. The predicted molar refractivity (Wildman–Crippen MR) is 68.2 cm³/mol. The lowest BCUT2D eigenvalue weighted by Gasteiger charge is -2.25. The fourth-order valence-electron chi connectivity index (χ4n) is 2.78. The molecule has 0 aromatic rings. The molecule has 2 nitrogen and oxygen atoms in total. The third-order valence-electron chi connectivity index (χ3n) is 3.95. The maximum Gasteiger partial charge on any atom is 0.146 e. The molecule has 0 aromatic carbocycles. The van der Waals surface area contributed by atoms with E-state index in [9.17, 15) is 4.79 Å². The summed E-state index contributed by atoms with van der Waals surface area (Å²) >= 11 is 0. The Morgan fingerprint density at radius 2 is 1.88 bits per heavy atom. The minimum Gasteiger partial charge on any atom is -0.322 e. The number of Topliss-reactive ketones (excluding diaryl/α,β-unsaturated/α-hetero) is 1. The summed E-state index contributed by atoms with van der Waals surface area (Å²) in [5.74, 6) is 1.80. The molecule has 1 rings (SSSR count). The molecule has 0 bridgehead atoms. The normalized spacial score (nSPS) is 21.7. The van der Waals surface area contributed by atoms with Crippen LogP contribution in [0.15, 0.2) is 0 Å². The molecular formula is C14H27NO. The Hall–Kier alpha value is -0.370. The van der Waals surface area contributed by atoms with Gasteiger partial charge in [0.15, 0.2) is 0 Å². The van der Waals surface area contributed by atoms with Crippen molar-refractivity contribution in [3.05, 3.63) is 0 Å². The Bertz CT molecular complexity index is 209. The maximum absolute atomic E-state index is 11.0. The molecule has 0 heterocycles. The van der Waals surface area contributed by atoms with Crippen molar-refractivity contribution in [3.63, 3.8) is 0 Å². The van der Waals surface area contributed by atoms with Gasteiger partial charge in [0.2, 0.25) is 0 Å². The van der Waals surface area contributed by atoms with Gasteiger partial charge in [-0.25, -0.2) is 0 Å². The SMILES string of the molecule is CC(=O)C(N)CCC(C)CC1CCCCC1. The van der Waals surface area contributed by atoms with Crippen LogP contribution in [0.25, 0.3) is 0 Å².